The fraction of sp³-hybridized carbons (Fsp3) is 0.600. The summed E-state index contributed by atoms with van der Waals surface area (Å²) in [6, 6.07) is 5.85. The van der Waals surface area contributed by atoms with Crippen LogP contribution in [0.5, 0.6) is 5.75 Å². The molecule has 0 spiro atoms. The lowest BCUT2D eigenvalue weighted by Crippen LogP contribution is -2.33. The third-order valence-corrected chi connectivity index (χ3v) is 4.92. The average molecular weight is 345 g/mol. The number of carbonyl (C=O) groups is 2. The van der Waals surface area contributed by atoms with Crippen LogP contribution < -0.4 is 10.5 Å². The van der Waals surface area contributed by atoms with E-state index in [2.05, 4.69) is 0 Å². The molecule has 1 aromatic rings. The third-order valence-electron chi connectivity index (χ3n) is 4.92. The minimum Gasteiger partial charge on any atom is -0.490 e. The molecule has 25 heavy (non-hydrogen) atoms. The van der Waals surface area contributed by atoms with Crippen molar-refractivity contribution in [2.45, 2.75) is 71.0 Å². The first-order valence-electron chi connectivity index (χ1n) is 8.97. The van der Waals surface area contributed by atoms with Gasteiger partial charge in [-0.3, -0.25) is 9.59 Å². The van der Waals surface area contributed by atoms with E-state index in [1.807, 2.05) is 39.0 Å². The van der Waals surface area contributed by atoms with Gasteiger partial charge in [0, 0.05) is 0 Å². The second-order valence-electron chi connectivity index (χ2n) is 8.33. The second kappa shape index (κ2) is 6.36. The topological polar surface area (TPSA) is 78.6 Å². The van der Waals surface area contributed by atoms with E-state index in [9.17, 15) is 9.59 Å². The molecule has 1 aliphatic heterocycles. The molecular formula is C20H27NO4. The highest BCUT2D eigenvalue weighted by Crippen LogP contribution is 2.50. The summed E-state index contributed by atoms with van der Waals surface area (Å²) < 4.78 is 11.4. The number of aryl methyl sites for hydroxylation is 1. The van der Waals surface area contributed by atoms with Gasteiger partial charge in [-0.2, -0.15) is 0 Å². The second-order valence-corrected chi connectivity index (χ2v) is 8.33. The highest BCUT2D eigenvalue weighted by Gasteiger charge is 2.50. The van der Waals surface area contributed by atoms with Gasteiger partial charge in [0.15, 0.2) is 0 Å². The van der Waals surface area contributed by atoms with Gasteiger partial charge < -0.3 is 15.2 Å². The van der Waals surface area contributed by atoms with Crippen LogP contribution in [0.1, 0.15) is 57.6 Å². The molecule has 1 aliphatic carbocycles. The lowest BCUT2D eigenvalue weighted by Gasteiger charge is -2.28. The monoisotopic (exact) mass is 345 g/mol. The summed E-state index contributed by atoms with van der Waals surface area (Å²) >= 11 is 0. The normalized spacial score (nSPS) is 21.0. The third kappa shape index (κ3) is 4.33. The number of esters is 1. The zero-order valence-electron chi connectivity index (χ0n) is 15.3. The highest BCUT2D eigenvalue weighted by molar-refractivity contribution is 5.83. The Bertz CT molecular complexity index is 685. The van der Waals surface area contributed by atoms with Gasteiger partial charge >= 0.3 is 5.97 Å². The maximum atomic E-state index is 12.0. The van der Waals surface area contributed by atoms with Crippen molar-refractivity contribution in [2.75, 3.05) is 0 Å². The molecule has 2 N–H and O–H groups in total. The van der Waals surface area contributed by atoms with Gasteiger partial charge in [-0.15, -0.1) is 0 Å². The van der Waals surface area contributed by atoms with Crippen LogP contribution in [0.2, 0.25) is 0 Å². The Morgan fingerprint density at radius 1 is 1.32 bits per heavy atom. The number of nitrogens with two attached hydrogens (primary N) is 1. The summed E-state index contributed by atoms with van der Waals surface area (Å²) in [7, 11) is 0. The summed E-state index contributed by atoms with van der Waals surface area (Å²) in [5, 5.41) is 0. The van der Waals surface area contributed by atoms with Crippen LogP contribution in [0.3, 0.4) is 0 Å². The smallest absolute Gasteiger partial charge is 0.310 e. The minimum absolute atomic E-state index is 0.0409. The van der Waals surface area contributed by atoms with Crippen molar-refractivity contribution in [3.63, 3.8) is 0 Å². The Labute approximate surface area is 148 Å². The number of ether oxygens (including phenoxy) is 2. The molecule has 2 aliphatic rings. The van der Waals surface area contributed by atoms with E-state index in [0.717, 1.165) is 42.6 Å². The Morgan fingerprint density at radius 3 is 2.64 bits per heavy atom. The van der Waals surface area contributed by atoms with Crippen molar-refractivity contribution >= 4 is 11.9 Å². The zero-order valence-corrected chi connectivity index (χ0v) is 15.3. The molecule has 0 radical (unpaired) electrons. The summed E-state index contributed by atoms with van der Waals surface area (Å²) in [5.41, 5.74) is 6.76. The predicted octanol–water partition coefficient (Wildman–Crippen LogP) is 2.92. The predicted molar refractivity (Wildman–Crippen MR) is 94.2 cm³/mol. The molecule has 136 valence electrons. The van der Waals surface area contributed by atoms with E-state index in [0.29, 0.717) is 6.42 Å². The number of carbonyl (C=O) groups excluding carboxylic acids is 2. The molecule has 0 aromatic heterocycles. The Morgan fingerprint density at radius 2 is 2.04 bits per heavy atom. The molecule has 1 saturated carbocycles. The van der Waals surface area contributed by atoms with Gasteiger partial charge in [-0.05, 0) is 70.1 Å². The van der Waals surface area contributed by atoms with Crippen LogP contribution in [-0.4, -0.2) is 23.6 Å². The Balaban J connectivity index is 1.61. The van der Waals surface area contributed by atoms with Gasteiger partial charge in [-0.1, -0.05) is 12.1 Å². The molecule has 1 fully saturated rings. The first-order valence-corrected chi connectivity index (χ1v) is 8.97. The van der Waals surface area contributed by atoms with Crippen LogP contribution >= 0.6 is 0 Å². The van der Waals surface area contributed by atoms with Crippen molar-refractivity contribution in [2.24, 2.45) is 11.1 Å². The van der Waals surface area contributed by atoms with Crippen LogP contribution in [-0.2, 0) is 27.2 Å². The number of fused-ring (bicyclic) bond motifs is 1. The molecule has 5 heteroatoms. The van der Waals surface area contributed by atoms with Gasteiger partial charge in [0.1, 0.15) is 17.5 Å². The lowest BCUT2D eigenvalue weighted by atomic mass is 9.91. The van der Waals surface area contributed by atoms with Crippen molar-refractivity contribution < 1.29 is 19.1 Å². The minimum atomic E-state index is -0.471. The average Bonchev–Trinajstić information content (AvgIpc) is 3.26. The SMILES string of the molecule is CC(C)(C)OC(=O)Cc1ccc2c(c1)CC[C@H](CC1(C(N)=O)CC1)O2. The molecule has 5 nitrogen and oxygen atoms in total. The molecule has 0 unspecified atom stereocenters. The van der Waals surface area contributed by atoms with E-state index >= 15 is 0 Å². The van der Waals surface area contributed by atoms with Crippen molar-refractivity contribution in [3.05, 3.63) is 29.3 Å². The maximum Gasteiger partial charge on any atom is 0.310 e. The molecule has 3 rings (SSSR count). The quantitative estimate of drug-likeness (QED) is 0.832. The van der Waals surface area contributed by atoms with Crippen molar-refractivity contribution in [3.8, 4) is 5.75 Å². The first-order chi connectivity index (χ1) is 11.7. The standard InChI is InChI=1S/C20H27NO4/c1-19(2,3)25-17(22)11-13-4-7-16-14(10-13)5-6-15(24-16)12-20(8-9-20)18(21)23/h4,7,10,15H,5-6,8-9,11-12H2,1-3H3,(H2,21,23)/t15-/m1/s1. The fourth-order valence-corrected chi connectivity index (χ4v) is 3.43. The van der Waals surface area contributed by atoms with Gasteiger partial charge in [0.2, 0.25) is 5.91 Å². The number of hydrogen-bond acceptors (Lipinski definition) is 4. The van der Waals surface area contributed by atoms with Gasteiger partial charge in [0.25, 0.3) is 0 Å². The molecule has 1 aromatic carbocycles. The van der Waals surface area contributed by atoms with Crippen LogP contribution in [0, 0.1) is 5.41 Å². The molecule has 1 atom stereocenters. The molecule has 1 heterocycles. The number of hydrogen-bond donors (Lipinski definition) is 1. The molecular weight excluding hydrogens is 318 g/mol. The molecule has 0 bridgehead atoms. The zero-order chi connectivity index (χ0) is 18.2. The van der Waals surface area contributed by atoms with Gasteiger partial charge in [-0.25, -0.2) is 0 Å². The van der Waals surface area contributed by atoms with Gasteiger partial charge in [0.05, 0.1) is 11.8 Å². The van der Waals surface area contributed by atoms with Crippen LogP contribution in [0.15, 0.2) is 18.2 Å². The lowest BCUT2D eigenvalue weighted by molar-refractivity contribution is -0.153. The van der Waals surface area contributed by atoms with Crippen molar-refractivity contribution in [1.29, 1.82) is 0 Å². The van der Waals surface area contributed by atoms with Crippen LogP contribution in [0.4, 0.5) is 0 Å². The van der Waals surface area contributed by atoms with Crippen molar-refractivity contribution in [1.82, 2.24) is 0 Å². The molecule has 0 saturated heterocycles. The van der Waals surface area contributed by atoms with E-state index in [1.54, 1.807) is 0 Å². The Kier molecular flexibility index (Phi) is 4.52. The molecule has 1 amide bonds. The summed E-state index contributed by atoms with van der Waals surface area (Å²) in [5.74, 6) is 0.429. The largest absolute Gasteiger partial charge is 0.490 e. The summed E-state index contributed by atoms with van der Waals surface area (Å²) in [6.07, 6.45) is 4.53. The summed E-state index contributed by atoms with van der Waals surface area (Å²) in [6.45, 7) is 5.60. The van der Waals surface area contributed by atoms with Crippen LogP contribution in [0.25, 0.3) is 0 Å². The number of amides is 1. The fourth-order valence-electron chi connectivity index (χ4n) is 3.43. The van der Waals surface area contributed by atoms with E-state index in [1.165, 1.54) is 0 Å². The highest BCUT2D eigenvalue weighted by atomic mass is 16.6. The van der Waals surface area contributed by atoms with E-state index in [4.69, 9.17) is 15.2 Å². The first kappa shape index (κ1) is 17.8. The number of primary amides is 1. The van der Waals surface area contributed by atoms with E-state index in [-0.39, 0.29) is 29.8 Å². The number of benzene rings is 1. The maximum absolute atomic E-state index is 12.0. The number of rotatable bonds is 5. The van der Waals surface area contributed by atoms with E-state index < -0.39 is 5.60 Å². The summed E-state index contributed by atoms with van der Waals surface area (Å²) in [4.78, 5) is 23.6. The Hall–Kier alpha value is -2.04.